The molecule has 0 atom stereocenters. The van der Waals surface area contributed by atoms with E-state index in [9.17, 15) is 27.2 Å². The van der Waals surface area contributed by atoms with Crippen molar-refractivity contribution in [3.05, 3.63) is 53.5 Å². The molecule has 3 rings (SSSR count). The number of rotatable bonds is 5. The van der Waals surface area contributed by atoms with Gasteiger partial charge in [-0.25, -0.2) is 9.37 Å². The normalized spacial score (nSPS) is 14.2. The molecule has 1 aromatic carbocycles. The van der Waals surface area contributed by atoms with Gasteiger partial charge in [0.2, 0.25) is 11.8 Å². The second-order valence-corrected chi connectivity index (χ2v) is 7.10. The summed E-state index contributed by atoms with van der Waals surface area (Å²) in [5.74, 6) is -1.95. The van der Waals surface area contributed by atoms with Gasteiger partial charge in [0.1, 0.15) is 18.8 Å². The molecule has 1 aliphatic heterocycles. The van der Waals surface area contributed by atoms with E-state index in [0.29, 0.717) is 5.56 Å². The molecule has 0 spiro atoms. The molecular formula is C22H25F4N3O3. The molecule has 2 aromatic rings. The van der Waals surface area contributed by atoms with Crippen LogP contribution in [0.1, 0.15) is 37.8 Å². The van der Waals surface area contributed by atoms with Crippen molar-refractivity contribution >= 4 is 17.6 Å². The van der Waals surface area contributed by atoms with Crippen molar-refractivity contribution < 1.29 is 31.9 Å². The maximum Gasteiger partial charge on any atom is 0.416 e. The van der Waals surface area contributed by atoms with E-state index in [-0.39, 0.29) is 24.7 Å². The number of methoxy groups -OCH3 is 1. The molecule has 1 aromatic heterocycles. The number of alkyl halides is 3. The maximum absolute atomic E-state index is 14.1. The quantitative estimate of drug-likeness (QED) is 0.626. The Morgan fingerprint density at radius 3 is 2.16 bits per heavy atom. The molecule has 0 radical (unpaired) electrons. The van der Waals surface area contributed by atoms with Crippen molar-refractivity contribution in [1.29, 1.82) is 0 Å². The first-order valence-electron chi connectivity index (χ1n) is 10.0. The van der Waals surface area contributed by atoms with Gasteiger partial charge >= 0.3 is 6.18 Å². The Labute approximate surface area is 183 Å². The molecule has 2 amide bonds. The minimum atomic E-state index is -4.45. The van der Waals surface area contributed by atoms with Gasteiger partial charge in [0.05, 0.1) is 18.9 Å². The predicted molar refractivity (Wildman–Crippen MR) is 111 cm³/mol. The molecule has 174 valence electrons. The molecule has 0 unspecified atom stereocenters. The first-order valence-corrected chi connectivity index (χ1v) is 10.0. The topological polar surface area (TPSA) is 62.7 Å². The number of hydrogen-bond acceptors (Lipinski definition) is 4. The second-order valence-electron chi connectivity index (χ2n) is 7.10. The van der Waals surface area contributed by atoms with Gasteiger partial charge < -0.3 is 9.64 Å². The Balaban J connectivity index is 0.000000837. The molecule has 1 fully saturated rings. The first-order chi connectivity index (χ1) is 15.1. The number of nitrogens with zero attached hydrogens (tertiary/aromatic N) is 3. The smallest absolute Gasteiger partial charge is 0.416 e. The summed E-state index contributed by atoms with van der Waals surface area (Å²) in [5.41, 5.74) is -0.360. The zero-order valence-electron chi connectivity index (χ0n) is 18.1. The Morgan fingerprint density at radius 2 is 1.66 bits per heavy atom. The Kier molecular flexibility index (Phi) is 8.56. The number of aromatic nitrogens is 1. The Morgan fingerprint density at radius 1 is 1.03 bits per heavy atom. The summed E-state index contributed by atoms with van der Waals surface area (Å²) in [7, 11) is 1.34. The number of carbonyl (C=O) groups is 2. The number of ether oxygens (including phenoxy) is 1. The van der Waals surface area contributed by atoms with Crippen LogP contribution in [0.2, 0.25) is 0 Å². The zero-order chi connectivity index (χ0) is 23.9. The van der Waals surface area contributed by atoms with E-state index in [2.05, 4.69) is 18.8 Å². The third-order valence-electron chi connectivity index (χ3n) is 4.72. The number of benzene rings is 1. The molecular weight excluding hydrogens is 430 g/mol. The first kappa shape index (κ1) is 25.1. The molecule has 1 aliphatic rings. The highest BCUT2D eigenvalue weighted by atomic mass is 19.4. The van der Waals surface area contributed by atoms with Crippen LogP contribution in [0.25, 0.3) is 0 Å². The van der Waals surface area contributed by atoms with Crippen LogP contribution in [-0.4, -0.2) is 41.9 Å². The lowest BCUT2D eigenvalue weighted by molar-refractivity contribution is -0.139. The van der Waals surface area contributed by atoms with Crippen molar-refractivity contribution in [3.63, 3.8) is 0 Å². The monoisotopic (exact) mass is 455 g/mol. The number of carbonyl (C=O) groups excluding carboxylic acids is 2. The molecule has 6 nitrogen and oxygen atoms in total. The minimum Gasteiger partial charge on any atom is -0.495 e. The van der Waals surface area contributed by atoms with Gasteiger partial charge in [-0.05, 0) is 17.7 Å². The third kappa shape index (κ3) is 6.41. The van der Waals surface area contributed by atoms with E-state index in [1.807, 2.05) is 0 Å². The lowest BCUT2D eigenvalue weighted by atomic mass is 10.1. The molecule has 2 heterocycles. The van der Waals surface area contributed by atoms with E-state index >= 15 is 0 Å². The molecule has 0 saturated carbocycles. The predicted octanol–water partition coefficient (Wildman–Crippen LogP) is 4.43. The summed E-state index contributed by atoms with van der Waals surface area (Å²) in [4.78, 5) is 30.7. The number of anilines is 1. The van der Waals surface area contributed by atoms with Crippen LogP contribution in [-0.2, 0) is 22.3 Å². The summed E-state index contributed by atoms with van der Waals surface area (Å²) in [6.07, 6.45) is -0.587. The summed E-state index contributed by atoms with van der Waals surface area (Å²) in [6, 6.07) is 5.37. The van der Waals surface area contributed by atoms with Gasteiger partial charge in [-0.15, -0.1) is 0 Å². The fourth-order valence-corrected chi connectivity index (χ4v) is 2.74. The van der Waals surface area contributed by atoms with Gasteiger partial charge in [0.15, 0.2) is 11.6 Å². The van der Waals surface area contributed by atoms with Gasteiger partial charge in [0, 0.05) is 12.6 Å². The molecule has 0 bridgehead atoms. The summed E-state index contributed by atoms with van der Waals surface area (Å²) >= 11 is 0. The SMILES string of the molecule is CCCC.COc1cnc(N2CC(=O)N(Cc3ccc(C(F)(F)F)cc3)CC2=O)c(F)c1. The summed E-state index contributed by atoms with van der Waals surface area (Å²) in [6.45, 7) is 3.57. The van der Waals surface area contributed by atoms with E-state index < -0.39 is 35.9 Å². The fourth-order valence-electron chi connectivity index (χ4n) is 2.74. The van der Waals surface area contributed by atoms with Crippen LogP contribution in [0.4, 0.5) is 23.4 Å². The number of unbranched alkanes of at least 4 members (excludes halogenated alkanes) is 1. The van der Waals surface area contributed by atoms with Gasteiger partial charge in [-0.1, -0.05) is 38.8 Å². The maximum atomic E-state index is 14.1. The van der Waals surface area contributed by atoms with E-state index in [1.54, 1.807) is 0 Å². The van der Waals surface area contributed by atoms with E-state index in [1.165, 1.54) is 43.2 Å². The third-order valence-corrected chi connectivity index (χ3v) is 4.72. The van der Waals surface area contributed by atoms with Gasteiger partial charge in [0.25, 0.3) is 0 Å². The number of amides is 2. The zero-order valence-corrected chi connectivity index (χ0v) is 18.1. The fraction of sp³-hybridized carbons (Fsp3) is 0.409. The second kappa shape index (κ2) is 10.9. The molecule has 0 N–H and O–H groups in total. The minimum absolute atomic E-state index is 0.0327. The Hall–Kier alpha value is -3.17. The van der Waals surface area contributed by atoms with Crippen LogP contribution in [0, 0.1) is 5.82 Å². The number of piperazine rings is 1. The highest BCUT2D eigenvalue weighted by Gasteiger charge is 2.34. The standard InChI is InChI=1S/C18H15F4N3O3.C4H10/c1-28-13-6-14(19)17(23-7-13)25-10-15(26)24(9-16(25)27)8-11-2-4-12(5-3-11)18(20,21)22;1-3-4-2/h2-7H,8-10H2,1H3;3-4H2,1-2H3. The molecule has 1 saturated heterocycles. The average molecular weight is 455 g/mol. The summed E-state index contributed by atoms with van der Waals surface area (Å²) < 4.78 is 56.8. The average Bonchev–Trinajstić information content (AvgIpc) is 2.76. The van der Waals surface area contributed by atoms with E-state index in [4.69, 9.17) is 4.74 Å². The van der Waals surface area contributed by atoms with Crippen LogP contribution in [0.3, 0.4) is 0 Å². The van der Waals surface area contributed by atoms with Crippen molar-refractivity contribution in [2.45, 2.75) is 39.4 Å². The number of pyridine rings is 1. The van der Waals surface area contributed by atoms with Gasteiger partial charge in [-0.3, -0.25) is 14.5 Å². The van der Waals surface area contributed by atoms with Crippen molar-refractivity contribution in [1.82, 2.24) is 9.88 Å². The largest absolute Gasteiger partial charge is 0.495 e. The van der Waals surface area contributed by atoms with Crippen molar-refractivity contribution in [2.24, 2.45) is 0 Å². The Bertz CT molecular complexity index is 931. The highest BCUT2D eigenvalue weighted by Crippen LogP contribution is 2.29. The van der Waals surface area contributed by atoms with Crippen molar-refractivity contribution in [3.8, 4) is 5.75 Å². The lowest BCUT2D eigenvalue weighted by Gasteiger charge is -2.33. The van der Waals surface area contributed by atoms with Crippen LogP contribution < -0.4 is 9.64 Å². The van der Waals surface area contributed by atoms with Crippen LogP contribution >= 0.6 is 0 Å². The van der Waals surface area contributed by atoms with Crippen LogP contribution in [0.5, 0.6) is 5.75 Å². The molecule has 10 heteroatoms. The number of halogens is 4. The lowest BCUT2D eigenvalue weighted by Crippen LogP contribution is -2.54. The van der Waals surface area contributed by atoms with Gasteiger partial charge in [-0.2, -0.15) is 13.2 Å². The molecule has 0 aliphatic carbocycles. The van der Waals surface area contributed by atoms with E-state index in [0.717, 1.165) is 23.1 Å². The molecule has 32 heavy (non-hydrogen) atoms. The summed E-state index contributed by atoms with van der Waals surface area (Å²) in [5, 5.41) is 0. The number of hydrogen-bond donors (Lipinski definition) is 0. The highest BCUT2D eigenvalue weighted by molar-refractivity contribution is 6.04. The van der Waals surface area contributed by atoms with Crippen molar-refractivity contribution in [2.75, 3.05) is 25.1 Å². The van der Waals surface area contributed by atoms with Crippen LogP contribution in [0.15, 0.2) is 36.5 Å².